The number of para-hydroxylation sites is 1. The Hall–Kier alpha value is -2.19. The van der Waals surface area contributed by atoms with Gasteiger partial charge in [-0.2, -0.15) is 0 Å². The first kappa shape index (κ1) is 14.2. The zero-order chi connectivity index (χ0) is 14.7. The van der Waals surface area contributed by atoms with E-state index in [2.05, 4.69) is 26.7 Å². The fourth-order valence-electron chi connectivity index (χ4n) is 1.70. The summed E-state index contributed by atoms with van der Waals surface area (Å²) in [5.41, 5.74) is 2.39. The Kier molecular flexibility index (Phi) is 4.16. The highest BCUT2D eigenvalue weighted by atomic mass is 79.9. The van der Waals surface area contributed by atoms with Crippen LogP contribution in [0.1, 0.15) is 0 Å². The van der Waals surface area contributed by atoms with Gasteiger partial charge in [0.05, 0.1) is 10.6 Å². The van der Waals surface area contributed by atoms with Crippen molar-refractivity contribution >= 4 is 38.7 Å². The van der Waals surface area contributed by atoms with Gasteiger partial charge in [0, 0.05) is 4.47 Å². The van der Waals surface area contributed by atoms with Gasteiger partial charge in [0.1, 0.15) is 17.2 Å². The standard InChI is InChI=1S/C12H10BrFN4O2/c13-7-4-5-8(14)11(6-7)16-9-2-1-3-10(17-15)12(9)18(19)20/h1-6,16-17H,15H2. The molecule has 0 bridgehead atoms. The summed E-state index contributed by atoms with van der Waals surface area (Å²) in [6, 6.07) is 8.78. The van der Waals surface area contributed by atoms with E-state index in [-0.39, 0.29) is 22.7 Å². The lowest BCUT2D eigenvalue weighted by molar-refractivity contribution is -0.383. The quantitative estimate of drug-likeness (QED) is 0.449. The molecule has 104 valence electrons. The Morgan fingerprint density at radius 2 is 1.90 bits per heavy atom. The molecule has 0 atom stereocenters. The highest BCUT2D eigenvalue weighted by Gasteiger charge is 2.20. The van der Waals surface area contributed by atoms with Crippen molar-refractivity contribution in [2.24, 2.45) is 5.84 Å². The molecule has 0 unspecified atom stereocenters. The molecule has 20 heavy (non-hydrogen) atoms. The molecule has 2 rings (SSSR count). The largest absolute Gasteiger partial charge is 0.347 e. The van der Waals surface area contributed by atoms with Crippen molar-refractivity contribution in [1.82, 2.24) is 0 Å². The molecule has 0 saturated heterocycles. The molecule has 4 N–H and O–H groups in total. The lowest BCUT2D eigenvalue weighted by atomic mass is 10.2. The summed E-state index contributed by atoms with van der Waals surface area (Å²) < 4.78 is 14.3. The summed E-state index contributed by atoms with van der Waals surface area (Å²) in [7, 11) is 0. The summed E-state index contributed by atoms with van der Waals surface area (Å²) in [6.45, 7) is 0. The molecule has 8 heteroatoms. The maximum Gasteiger partial charge on any atom is 0.316 e. The SMILES string of the molecule is NNc1cccc(Nc2cc(Br)ccc2F)c1[N+](=O)[O-]. The van der Waals surface area contributed by atoms with E-state index in [0.29, 0.717) is 4.47 Å². The molecule has 0 aliphatic carbocycles. The van der Waals surface area contributed by atoms with Crippen LogP contribution in [0.2, 0.25) is 0 Å². The van der Waals surface area contributed by atoms with Crippen LogP contribution in [-0.4, -0.2) is 4.92 Å². The minimum atomic E-state index is -0.590. The van der Waals surface area contributed by atoms with Gasteiger partial charge in [0.25, 0.3) is 0 Å². The van der Waals surface area contributed by atoms with Gasteiger partial charge in [0.2, 0.25) is 0 Å². The highest BCUT2D eigenvalue weighted by molar-refractivity contribution is 9.10. The second kappa shape index (κ2) is 5.85. The van der Waals surface area contributed by atoms with Crippen molar-refractivity contribution in [1.29, 1.82) is 0 Å². The van der Waals surface area contributed by atoms with E-state index < -0.39 is 10.7 Å². The number of benzene rings is 2. The van der Waals surface area contributed by atoms with Crippen molar-refractivity contribution in [3.05, 3.63) is 56.8 Å². The van der Waals surface area contributed by atoms with Crippen molar-refractivity contribution in [2.75, 3.05) is 10.7 Å². The Bertz CT molecular complexity index is 666. The summed E-state index contributed by atoms with van der Waals surface area (Å²) in [6.07, 6.45) is 0. The van der Waals surface area contributed by atoms with Crippen LogP contribution < -0.4 is 16.6 Å². The van der Waals surface area contributed by atoms with Crippen LogP contribution in [0.5, 0.6) is 0 Å². The Morgan fingerprint density at radius 3 is 2.55 bits per heavy atom. The Labute approximate surface area is 122 Å². The van der Waals surface area contributed by atoms with E-state index in [1.54, 1.807) is 6.07 Å². The predicted octanol–water partition coefficient (Wildman–Crippen LogP) is 3.53. The first-order valence-corrected chi connectivity index (χ1v) is 6.28. The van der Waals surface area contributed by atoms with Crippen molar-refractivity contribution in [2.45, 2.75) is 0 Å². The van der Waals surface area contributed by atoms with Crippen molar-refractivity contribution < 1.29 is 9.31 Å². The molecule has 0 aliphatic heterocycles. The number of nitrogens with two attached hydrogens (primary N) is 1. The van der Waals surface area contributed by atoms with E-state index in [1.807, 2.05) is 0 Å². The number of rotatable bonds is 4. The fraction of sp³-hybridized carbons (Fsp3) is 0. The Balaban J connectivity index is 2.48. The van der Waals surface area contributed by atoms with Gasteiger partial charge < -0.3 is 10.7 Å². The van der Waals surface area contributed by atoms with Gasteiger partial charge in [-0.05, 0) is 30.3 Å². The molecule has 0 radical (unpaired) electrons. The number of hydrogen-bond acceptors (Lipinski definition) is 5. The molecule has 0 fully saturated rings. The number of nitrogens with zero attached hydrogens (tertiary/aromatic N) is 1. The van der Waals surface area contributed by atoms with Crippen LogP contribution in [0.25, 0.3) is 0 Å². The topological polar surface area (TPSA) is 93.2 Å². The number of hydrogen-bond donors (Lipinski definition) is 3. The molecule has 0 saturated carbocycles. The molecule has 0 aliphatic rings. The van der Waals surface area contributed by atoms with Crippen LogP contribution in [-0.2, 0) is 0 Å². The highest BCUT2D eigenvalue weighted by Crippen LogP contribution is 2.35. The van der Waals surface area contributed by atoms with E-state index in [9.17, 15) is 14.5 Å². The lowest BCUT2D eigenvalue weighted by Crippen LogP contribution is -2.10. The number of nitrogen functional groups attached to an aromatic ring is 1. The van der Waals surface area contributed by atoms with Gasteiger partial charge in [-0.15, -0.1) is 0 Å². The molecular weight excluding hydrogens is 331 g/mol. The van der Waals surface area contributed by atoms with Crippen LogP contribution in [0, 0.1) is 15.9 Å². The second-order valence-electron chi connectivity index (χ2n) is 3.85. The maximum atomic E-state index is 13.7. The summed E-state index contributed by atoms with van der Waals surface area (Å²) in [5.74, 6) is 4.72. The van der Waals surface area contributed by atoms with E-state index in [0.717, 1.165) is 0 Å². The van der Waals surface area contributed by atoms with Gasteiger partial charge in [0.15, 0.2) is 0 Å². The smallest absolute Gasteiger partial charge is 0.316 e. The summed E-state index contributed by atoms with van der Waals surface area (Å²) in [4.78, 5) is 10.5. The molecule has 2 aromatic carbocycles. The third-order valence-electron chi connectivity index (χ3n) is 2.57. The van der Waals surface area contributed by atoms with E-state index >= 15 is 0 Å². The van der Waals surface area contributed by atoms with E-state index in [4.69, 9.17) is 5.84 Å². The average Bonchev–Trinajstić information content (AvgIpc) is 2.42. The van der Waals surface area contributed by atoms with Crippen LogP contribution in [0.15, 0.2) is 40.9 Å². The zero-order valence-corrected chi connectivity index (χ0v) is 11.6. The monoisotopic (exact) mass is 340 g/mol. The van der Waals surface area contributed by atoms with Crippen LogP contribution >= 0.6 is 15.9 Å². The van der Waals surface area contributed by atoms with Gasteiger partial charge in [-0.1, -0.05) is 22.0 Å². The summed E-state index contributed by atoms with van der Waals surface area (Å²) >= 11 is 3.21. The van der Waals surface area contributed by atoms with Crippen molar-refractivity contribution in [3.8, 4) is 0 Å². The molecule has 0 spiro atoms. The Morgan fingerprint density at radius 1 is 1.20 bits per heavy atom. The lowest BCUT2D eigenvalue weighted by Gasteiger charge is -2.10. The molecular formula is C12H10BrFN4O2. The number of anilines is 3. The van der Waals surface area contributed by atoms with Crippen LogP contribution in [0.4, 0.5) is 27.1 Å². The maximum absolute atomic E-state index is 13.7. The number of nitrogens with one attached hydrogen (secondary N) is 2. The van der Waals surface area contributed by atoms with Gasteiger partial charge >= 0.3 is 5.69 Å². The van der Waals surface area contributed by atoms with Gasteiger partial charge in [-0.25, -0.2) is 4.39 Å². The van der Waals surface area contributed by atoms with E-state index in [1.165, 1.54) is 30.3 Å². The van der Waals surface area contributed by atoms with Crippen molar-refractivity contribution in [3.63, 3.8) is 0 Å². The number of nitro benzene ring substituents is 1. The molecule has 0 amide bonds. The number of halogens is 2. The van der Waals surface area contributed by atoms with Crippen LogP contribution in [0.3, 0.4) is 0 Å². The molecule has 6 nitrogen and oxygen atoms in total. The third-order valence-corrected chi connectivity index (χ3v) is 3.07. The third kappa shape index (κ3) is 2.86. The molecule has 0 aromatic heterocycles. The zero-order valence-electron chi connectivity index (χ0n) is 10.1. The predicted molar refractivity (Wildman–Crippen MR) is 78.3 cm³/mol. The first-order chi connectivity index (χ1) is 9.52. The second-order valence-corrected chi connectivity index (χ2v) is 4.77. The average molecular weight is 341 g/mol. The minimum absolute atomic E-state index is 0.122. The molecule has 0 heterocycles. The number of hydrazine groups is 1. The molecule has 2 aromatic rings. The minimum Gasteiger partial charge on any atom is -0.347 e. The number of nitro groups is 1. The first-order valence-electron chi connectivity index (χ1n) is 5.49. The van der Waals surface area contributed by atoms with Gasteiger partial charge in [-0.3, -0.25) is 16.0 Å². The fourth-order valence-corrected chi connectivity index (χ4v) is 2.06. The summed E-state index contributed by atoms with van der Waals surface area (Å²) in [5, 5.41) is 13.8. The normalized spacial score (nSPS) is 10.2.